The second kappa shape index (κ2) is 9.78. The number of allylic oxidation sites excluding steroid dienone is 1. The maximum absolute atomic E-state index is 12.2. The zero-order valence-corrected chi connectivity index (χ0v) is 16.0. The lowest BCUT2D eigenvalue weighted by atomic mass is 9.97. The van der Waals surface area contributed by atoms with Crippen molar-refractivity contribution in [3.05, 3.63) is 69.8 Å². The second-order valence-electron chi connectivity index (χ2n) is 6.73. The van der Waals surface area contributed by atoms with E-state index in [9.17, 15) is 9.59 Å². The molecule has 3 rings (SSSR count). The van der Waals surface area contributed by atoms with Crippen LogP contribution in [0, 0.1) is 0 Å². The van der Waals surface area contributed by atoms with Crippen LogP contribution >= 0.6 is 0 Å². The predicted molar refractivity (Wildman–Crippen MR) is 106 cm³/mol. The number of hydrogen-bond donors (Lipinski definition) is 1. The SMILES string of the molecule is COc1cccc(COc2coc(C(=O)NCCC3=CCCCC3)cc2=O)c1. The van der Waals surface area contributed by atoms with Crippen LogP contribution in [-0.4, -0.2) is 19.6 Å². The molecule has 0 atom stereocenters. The van der Waals surface area contributed by atoms with E-state index in [1.54, 1.807) is 7.11 Å². The average Bonchev–Trinajstić information content (AvgIpc) is 2.73. The monoisotopic (exact) mass is 383 g/mol. The molecule has 0 fully saturated rings. The number of nitrogens with one attached hydrogen (secondary N) is 1. The van der Waals surface area contributed by atoms with Crippen molar-refractivity contribution in [1.82, 2.24) is 5.32 Å². The molecule has 1 heterocycles. The predicted octanol–water partition coefficient (Wildman–Crippen LogP) is 3.85. The molecular weight excluding hydrogens is 358 g/mol. The number of benzene rings is 1. The smallest absolute Gasteiger partial charge is 0.287 e. The molecule has 0 radical (unpaired) electrons. The maximum atomic E-state index is 12.2. The minimum Gasteiger partial charge on any atom is -0.497 e. The van der Waals surface area contributed by atoms with Gasteiger partial charge in [-0.3, -0.25) is 9.59 Å². The van der Waals surface area contributed by atoms with Crippen LogP contribution in [0.25, 0.3) is 0 Å². The molecule has 1 amide bonds. The van der Waals surface area contributed by atoms with E-state index in [2.05, 4.69) is 11.4 Å². The Hall–Kier alpha value is -3.02. The molecule has 1 N–H and O–H groups in total. The molecule has 0 spiro atoms. The van der Waals surface area contributed by atoms with Crippen molar-refractivity contribution < 1.29 is 18.7 Å². The molecule has 148 valence electrons. The first-order valence-electron chi connectivity index (χ1n) is 9.50. The van der Waals surface area contributed by atoms with E-state index >= 15 is 0 Å². The van der Waals surface area contributed by atoms with Gasteiger partial charge in [-0.1, -0.05) is 23.8 Å². The summed E-state index contributed by atoms with van der Waals surface area (Å²) in [7, 11) is 1.59. The van der Waals surface area contributed by atoms with E-state index in [1.165, 1.54) is 24.7 Å². The van der Waals surface area contributed by atoms with Crippen molar-refractivity contribution in [1.29, 1.82) is 0 Å². The average molecular weight is 383 g/mol. The summed E-state index contributed by atoms with van der Waals surface area (Å²) in [4.78, 5) is 24.4. The van der Waals surface area contributed by atoms with Crippen LogP contribution < -0.4 is 20.2 Å². The molecule has 1 aromatic heterocycles. The van der Waals surface area contributed by atoms with E-state index in [-0.39, 0.29) is 18.1 Å². The van der Waals surface area contributed by atoms with Gasteiger partial charge in [-0.15, -0.1) is 0 Å². The van der Waals surface area contributed by atoms with Gasteiger partial charge in [0, 0.05) is 12.6 Å². The zero-order valence-electron chi connectivity index (χ0n) is 16.0. The molecule has 6 heteroatoms. The van der Waals surface area contributed by atoms with Crippen molar-refractivity contribution >= 4 is 5.91 Å². The van der Waals surface area contributed by atoms with Gasteiger partial charge in [0.25, 0.3) is 5.91 Å². The molecule has 2 aromatic rings. The van der Waals surface area contributed by atoms with Gasteiger partial charge >= 0.3 is 0 Å². The van der Waals surface area contributed by atoms with Gasteiger partial charge < -0.3 is 19.2 Å². The van der Waals surface area contributed by atoms with Gasteiger partial charge in [-0.2, -0.15) is 0 Å². The topological polar surface area (TPSA) is 77.8 Å². The Kier molecular flexibility index (Phi) is 6.89. The fourth-order valence-electron chi connectivity index (χ4n) is 3.10. The van der Waals surface area contributed by atoms with E-state index in [1.807, 2.05) is 24.3 Å². The fraction of sp³-hybridized carbons (Fsp3) is 0.364. The molecule has 0 unspecified atom stereocenters. The highest BCUT2D eigenvalue weighted by atomic mass is 16.5. The van der Waals surface area contributed by atoms with Gasteiger partial charge in [0.05, 0.1) is 7.11 Å². The quantitative estimate of drug-likeness (QED) is 0.701. The van der Waals surface area contributed by atoms with Gasteiger partial charge in [0.1, 0.15) is 18.6 Å². The molecule has 28 heavy (non-hydrogen) atoms. The standard InChI is InChI=1S/C22H25NO5/c1-26-18-9-5-8-17(12-18)14-27-21-15-28-20(13-19(21)24)22(25)23-11-10-16-6-3-2-4-7-16/h5-6,8-9,12-13,15H,2-4,7,10-11,14H2,1H3,(H,23,25). The molecule has 1 aliphatic carbocycles. The van der Waals surface area contributed by atoms with Crippen LogP contribution in [0.4, 0.5) is 0 Å². The molecule has 1 aliphatic rings. The Morgan fingerprint density at radius 3 is 2.89 bits per heavy atom. The summed E-state index contributed by atoms with van der Waals surface area (Å²) < 4.78 is 16.0. The van der Waals surface area contributed by atoms with Crippen LogP contribution in [0.5, 0.6) is 11.5 Å². The minimum absolute atomic E-state index is 0.0173. The highest BCUT2D eigenvalue weighted by molar-refractivity contribution is 5.91. The first-order chi connectivity index (χ1) is 13.7. The van der Waals surface area contributed by atoms with Gasteiger partial charge in [-0.05, 0) is 49.8 Å². The van der Waals surface area contributed by atoms with Crippen molar-refractivity contribution in [3.63, 3.8) is 0 Å². The van der Waals surface area contributed by atoms with Crippen LogP contribution in [-0.2, 0) is 6.61 Å². The molecule has 0 bridgehead atoms. The maximum Gasteiger partial charge on any atom is 0.287 e. The normalized spacial score (nSPS) is 13.5. The van der Waals surface area contributed by atoms with E-state index < -0.39 is 11.3 Å². The Morgan fingerprint density at radius 2 is 2.14 bits per heavy atom. The summed E-state index contributed by atoms with van der Waals surface area (Å²) >= 11 is 0. The lowest BCUT2D eigenvalue weighted by Gasteiger charge is -2.12. The summed E-state index contributed by atoms with van der Waals surface area (Å²) in [6, 6.07) is 8.53. The second-order valence-corrected chi connectivity index (χ2v) is 6.73. The van der Waals surface area contributed by atoms with Crippen molar-refractivity contribution in [2.45, 2.75) is 38.7 Å². The molecule has 1 aromatic carbocycles. The van der Waals surface area contributed by atoms with Crippen molar-refractivity contribution in [3.8, 4) is 11.5 Å². The summed E-state index contributed by atoms with van der Waals surface area (Å²) in [6.07, 6.45) is 8.95. The number of ether oxygens (including phenoxy) is 2. The lowest BCUT2D eigenvalue weighted by Crippen LogP contribution is -2.26. The Morgan fingerprint density at radius 1 is 1.25 bits per heavy atom. The first kappa shape index (κ1) is 19.7. The highest BCUT2D eigenvalue weighted by Crippen LogP contribution is 2.19. The van der Waals surface area contributed by atoms with Crippen molar-refractivity contribution in [2.75, 3.05) is 13.7 Å². The fourth-order valence-corrected chi connectivity index (χ4v) is 3.10. The largest absolute Gasteiger partial charge is 0.497 e. The van der Waals surface area contributed by atoms with E-state index in [0.717, 1.165) is 30.9 Å². The van der Waals surface area contributed by atoms with E-state index in [4.69, 9.17) is 13.9 Å². The number of methoxy groups -OCH3 is 1. The highest BCUT2D eigenvalue weighted by Gasteiger charge is 2.12. The summed E-state index contributed by atoms with van der Waals surface area (Å²) in [5.74, 6) is 0.361. The summed E-state index contributed by atoms with van der Waals surface area (Å²) in [6.45, 7) is 0.727. The molecule has 0 saturated carbocycles. The van der Waals surface area contributed by atoms with Crippen LogP contribution in [0.2, 0.25) is 0 Å². The number of rotatable bonds is 8. The van der Waals surface area contributed by atoms with Crippen molar-refractivity contribution in [2.24, 2.45) is 0 Å². The van der Waals surface area contributed by atoms with Crippen LogP contribution in [0.15, 0.2) is 57.5 Å². The van der Waals surface area contributed by atoms with Gasteiger partial charge in [0.2, 0.25) is 11.2 Å². The Bertz CT molecular complexity index is 900. The summed E-state index contributed by atoms with van der Waals surface area (Å²) in [5.41, 5.74) is 1.85. The Balaban J connectivity index is 1.53. The number of hydrogen-bond acceptors (Lipinski definition) is 5. The lowest BCUT2D eigenvalue weighted by molar-refractivity contribution is 0.0923. The third-order valence-corrected chi connectivity index (χ3v) is 4.67. The third-order valence-electron chi connectivity index (χ3n) is 4.67. The van der Waals surface area contributed by atoms with E-state index in [0.29, 0.717) is 12.3 Å². The number of amides is 1. The minimum atomic E-state index is -0.396. The molecule has 6 nitrogen and oxygen atoms in total. The molecule has 0 aliphatic heterocycles. The molecule has 0 saturated heterocycles. The van der Waals surface area contributed by atoms with Gasteiger partial charge in [0.15, 0.2) is 5.76 Å². The first-order valence-corrected chi connectivity index (χ1v) is 9.50. The van der Waals surface area contributed by atoms with Crippen LogP contribution in [0.3, 0.4) is 0 Å². The van der Waals surface area contributed by atoms with Gasteiger partial charge in [-0.25, -0.2) is 0 Å². The molecular formula is C22H25NO5. The summed E-state index contributed by atoms with van der Waals surface area (Å²) in [5, 5.41) is 2.80. The zero-order chi connectivity index (χ0) is 19.8. The number of carbonyl (C=O) groups excluding carboxylic acids is 1. The van der Waals surface area contributed by atoms with Crippen LogP contribution in [0.1, 0.15) is 48.2 Å². The third kappa shape index (κ3) is 5.49. The number of carbonyl (C=O) groups is 1. The Labute approximate surface area is 164 Å².